The van der Waals surface area contributed by atoms with Crippen molar-refractivity contribution in [2.24, 2.45) is 5.92 Å². The van der Waals surface area contributed by atoms with Crippen LogP contribution in [-0.2, 0) is 9.53 Å². The maximum atomic E-state index is 11.9. The number of hydrogen-bond acceptors (Lipinski definition) is 2. The summed E-state index contributed by atoms with van der Waals surface area (Å²) < 4.78 is 5.14. The van der Waals surface area contributed by atoms with E-state index in [0.717, 1.165) is 31.3 Å². The van der Waals surface area contributed by atoms with Gasteiger partial charge in [-0.25, -0.2) is 0 Å². The molecule has 0 aliphatic heterocycles. The van der Waals surface area contributed by atoms with Crippen LogP contribution in [0.15, 0.2) is 23.8 Å². The van der Waals surface area contributed by atoms with Crippen LogP contribution in [0.5, 0.6) is 0 Å². The molecule has 1 aliphatic carbocycles. The second-order valence-electron chi connectivity index (χ2n) is 4.59. The van der Waals surface area contributed by atoms with Crippen molar-refractivity contribution in [3.8, 4) is 0 Å². The van der Waals surface area contributed by atoms with Gasteiger partial charge in [0.05, 0.1) is 12.5 Å². The van der Waals surface area contributed by atoms with E-state index in [0.29, 0.717) is 6.61 Å². The minimum atomic E-state index is -0.135. The minimum Gasteiger partial charge on any atom is -0.466 e. The van der Waals surface area contributed by atoms with Crippen molar-refractivity contribution in [1.82, 2.24) is 0 Å². The third-order valence-electron chi connectivity index (χ3n) is 3.27. The average molecular weight is 236 g/mol. The quantitative estimate of drug-likeness (QED) is 0.651. The summed E-state index contributed by atoms with van der Waals surface area (Å²) in [7, 11) is 0. The molecule has 1 unspecified atom stereocenters. The molecule has 0 radical (unpaired) electrons. The van der Waals surface area contributed by atoms with Crippen molar-refractivity contribution in [3.05, 3.63) is 23.8 Å². The highest BCUT2D eigenvalue weighted by Crippen LogP contribution is 2.30. The lowest BCUT2D eigenvalue weighted by molar-refractivity contribution is -0.146. The summed E-state index contributed by atoms with van der Waals surface area (Å²) in [5.74, 6) is -0.241. The Morgan fingerprint density at radius 3 is 2.76 bits per heavy atom. The van der Waals surface area contributed by atoms with E-state index in [1.807, 2.05) is 6.92 Å². The number of allylic oxidation sites excluding steroid dienone is 2. The standard InChI is InChI=1S/C15H24O2/c1-4-9-14(15(16)17-5-2)12(3)13-10-7-6-8-11-13/h10,14H,3-9,11H2,1-2H3. The van der Waals surface area contributed by atoms with Crippen LogP contribution in [0.3, 0.4) is 0 Å². The third-order valence-corrected chi connectivity index (χ3v) is 3.27. The summed E-state index contributed by atoms with van der Waals surface area (Å²) in [6.07, 6.45) is 8.73. The Hall–Kier alpha value is -1.05. The molecule has 0 aromatic rings. The number of esters is 1. The Morgan fingerprint density at radius 1 is 1.47 bits per heavy atom. The molecule has 0 N–H and O–H groups in total. The Bertz CT molecular complexity index is 302. The van der Waals surface area contributed by atoms with Crippen molar-refractivity contribution in [2.75, 3.05) is 6.61 Å². The molecule has 0 aromatic heterocycles. The Kier molecular flexibility index (Phi) is 6.03. The van der Waals surface area contributed by atoms with Crippen molar-refractivity contribution in [1.29, 1.82) is 0 Å². The zero-order chi connectivity index (χ0) is 12.7. The van der Waals surface area contributed by atoms with E-state index in [-0.39, 0.29) is 11.9 Å². The van der Waals surface area contributed by atoms with Crippen LogP contribution in [-0.4, -0.2) is 12.6 Å². The summed E-state index contributed by atoms with van der Waals surface area (Å²) in [5, 5.41) is 0. The number of rotatable bonds is 6. The summed E-state index contributed by atoms with van der Waals surface area (Å²) in [5.41, 5.74) is 2.27. The minimum absolute atomic E-state index is 0.106. The monoisotopic (exact) mass is 236 g/mol. The second-order valence-corrected chi connectivity index (χ2v) is 4.59. The van der Waals surface area contributed by atoms with Gasteiger partial charge < -0.3 is 4.74 Å². The number of carbonyl (C=O) groups excluding carboxylic acids is 1. The Morgan fingerprint density at radius 2 is 2.24 bits per heavy atom. The highest BCUT2D eigenvalue weighted by Gasteiger charge is 2.24. The molecular formula is C15H24O2. The van der Waals surface area contributed by atoms with Gasteiger partial charge in [-0.3, -0.25) is 4.79 Å². The van der Waals surface area contributed by atoms with Gasteiger partial charge in [-0.1, -0.05) is 26.0 Å². The van der Waals surface area contributed by atoms with Crippen molar-refractivity contribution in [2.45, 2.75) is 52.4 Å². The number of hydrogen-bond donors (Lipinski definition) is 0. The molecule has 1 atom stereocenters. The lowest BCUT2D eigenvalue weighted by atomic mass is 9.85. The highest BCUT2D eigenvalue weighted by atomic mass is 16.5. The average Bonchev–Trinajstić information content (AvgIpc) is 2.36. The van der Waals surface area contributed by atoms with E-state index >= 15 is 0 Å². The van der Waals surface area contributed by atoms with Crippen molar-refractivity contribution in [3.63, 3.8) is 0 Å². The van der Waals surface area contributed by atoms with Crippen molar-refractivity contribution >= 4 is 5.97 Å². The maximum absolute atomic E-state index is 11.9. The molecule has 0 saturated carbocycles. The van der Waals surface area contributed by atoms with Crippen LogP contribution in [0.1, 0.15) is 52.4 Å². The number of carbonyl (C=O) groups is 1. The molecule has 0 aromatic carbocycles. The first kappa shape index (κ1) is 14.0. The molecular weight excluding hydrogens is 212 g/mol. The largest absolute Gasteiger partial charge is 0.466 e. The van der Waals surface area contributed by atoms with Gasteiger partial charge in [0.1, 0.15) is 0 Å². The topological polar surface area (TPSA) is 26.3 Å². The Balaban J connectivity index is 2.71. The fourth-order valence-electron chi connectivity index (χ4n) is 2.32. The lowest BCUT2D eigenvalue weighted by Gasteiger charge is -2.22. The van der Waals surface area contributed by atoms with E-state index < -0.39 is 0 Å². The van der Waals surface area contributed by atoms with Crippen LogP contribution >= 0.6 is 0 Å². The summed E-state index contributed by atoms with van der Waals surface area (Å²) in [4.78, 5) is 11.9. The summed E-state index contributed by atoms with van der Waals surface area (Å²) in [6.45, 7) is 8.52. The molecule has 0 fully saturated rings. The normalized spacial score (nSPS) is 17.2. The SMILES string of the molecule is C=C(C1=CCCCC1)C(CCC)C(=O)OCC. The van der Waals surface area contributed by atoms with Gasteiger partial charge in [0, 0.05) is 0 Å². The highest BCUT2D eigenvalue weighted by molar-refractivity contribution is 5.77. The van der Waals surface area contributed by atoms with Crippen LogP contribution in [0.4, 0.5) is 0 Å². The van der Waals surface area contributed by atoms with Gasteiger partial charge in [-0.15, -0.1) is 0 Å². The summed E-state index contributed by atoms with van der Waals surface area (Å²) >= 11 is 0. The van der Waals surface area contributed by atoms with E-state index in [4.69, 9.17) is 4.74 Å². The summed E-state index contributed by atoms with van der Waals surface area (Å²) in [6, 6.07) is 0. The van der Waals surface area contributed by atoms with Gasteiger partial charge >= 0.3 is 5.97 Å². The molecule has 2 nitrogen and oxygen atoms in total. The van der Waals surface area contributed by atoms with Crippen LogP contribution in [0.2, 0.25) is 0 Å². The Labute approximate surface area is 105 Å². The van der Waals surface area contributed by atoms with Crippen molar-refractivity contribution < 1.29 is 9.53 Å². The molecule has 1 aliphatic rings. The fourth-order valence-corrected chi connectivity index (χ4v) is 2.32. The predicted molar refractivity (Wildman–Crippen MR) is 70.7 cm³/mol. The first-order chi connectivity index (χ1) is 8.20. The first-order valence-corrected chi connectivity index (χ1v) is 6.75. The van der Waals surface area contributed by atoms with E-state index in [1.165, 1.54) is 18.4 Å². The molecule has 0 heterocycles. The zero-order valence-corrected chi connectivity index (χ0v) is 11.1. The van der Waals surface area contributed by atoms with E-state index in [9.17, 15) is 4.79 Å². The molecule has 1 rings (SSSR count). The van der Waals surface area contributed by atoms with E-state index in [2.05, 4.69) is 19.6 Å². The molecule has 0 bridgehead atoms. The van der Waals surface area contributed by atoms with Gasteiger partial charge in [0.25, 0.3) is 0 Å². The molecule has 0 amide bonds. The predicted octanol–water partition coefficient (Wildman–Crippen LogP) is 4.02. The first-order valence-electron chi connectivity index (χ1n) is 6.75. The van der Waals surface area contributed by atoms with Gasteiger partial charge in [0.2, 0.25) is 0 Å². The molecule has 17 heavy (non-hydrogen) atoms. The smallest absolute Gasteiger partial charge is 0.313 e. The van der Waals surface area contributed by atoms with E-state index in [1.54, 1.807) is 0 Å². The van der Waals surface area contributed by atoms with Gasteiger partial charge in [0.15, 0.2) is 0 Å². The molecule has 2 heteroatoms. The maximum Gasteiger partial charge on any atom is 0.313 e. The molecule has 96 valence electrons. The van der Waals surface area contributed by atoms with Crippen LogP contribution < -0.4 is 0 Å². The number of ether oxygens (including phenoxy) is 1. The lowest BCUT2D eigenvalue weighted by Crippen LogP contribution is -2.21. The van der Waals surface area contributed by atoms with Gasteiger partial charge in [-0.05, 0) is 50.2 Å². The fraction of sp³-hybridized carbons (Fsp3) is 0.667. The van der Waals surface area contributed by atoms with Gasteiger partial charge in [-0.2, -0.15) is 0 Å². The second kappa shape index (κ2) is 7.31. The van der Waals surface area contributed by atoms with Crippen LogP contribution in [0.25, 0.3) is 0 Å². The third kappa shape index (κ3) is 4.03. The molecule has 0 saturated heterocycles. The van der Waals surface area contributed by atoms with Crippen LogP contribution in [0, 0.1) is 5.92 Å². The molecule has 0 spiro atoms. The zero-order valence-electron chi connectivity index (χ0n) is 11.1.